The summed E-state index contributed by atoms with van der Waals surface area (Å²) in [5.74, 6) is -0.465. The molecule has 1 aliphatic rings. The molecule has 152 valence electrons. The van der Waals surface area contributed by atoms with Crippen LogP contribution in [-0.4, -0.2) is 55.2 Å². The zero-order valence-corrected chi connectivity index (χ0v) is 17.5. The van der Waals surface area contributed by atoms with Gasteiger partial charge in [0, 0.05) is 31.7 Å². The highest BCUT2D eigenvalue weighted by Crippen LogP contribution is 2.31. The van der Waals surface area contributed by atoms with Crippen molar-refractivity contribution in [2.45, 2.75) is 13.8 Å². The molecule has 1 fully saturated rings. The number of halogens is 1. The van der Waals surface area contributed by atoms with Gasteiger partial charge in [-0.05, 0) is 37.6 Å². The van der Waals surface area contributed by atoms with Crippen LogP contribution in [0, 0.1) is 19.7 Å². The van der Waals surface area contributed by atoms with Crippen LogP contribution in [0.15, 0.2) is 36.4 Å². The van der Waals surface area contributed by atoms with E-state index in [0.717, 1.165) is 35.5 Å². The van der Waals surface area contributed by atoms with E-state index in [1.807, 2.05) is 38.1 Å². The molecule has 0 radical (unpaired) electrons. The van der Waals surface area contributed by atoms with Crippen LogP contribution in [0.2, 0.25) is 0 Å². The molecule has 1 saturated heterocycles. The van der Waals surface area contributed by atoms with Gasteiger partial charge in [0.05, 0.1) is 17.9 Å². The molecule has 0 aliphatic carbocycles. The molecule has 5 nitrogen and oxygen atoms in total. The van der Waals surface area contributed by atoms with Crippen LogP contribution < -0.4 is 4.90 Å². The average molecular weight is 414 g/mol. The smallest absolute Gasteiger partial charge is 0.260 e. The number of para-hydroxylation sites is 1. The largest absolute Gasteiger partial charge is 0.379 e. The third kappa shape index (κ3) is 4.32. The quantitative estimate of drug-likeness (QED) is 0.634. The fourth-order valence-corrected chi connectivity index (χ4v) is 4.57. The SMILES string of the molecule is Cc1ccc(C(=O)N(CCN2CCOCC2)c2nc3c(F)cccc3s2)c(C)c1. The topological polar surface area (TPSA) is 45.7 Å². The summed E-state index contributed by atoms with van der Waals surface area (Å²) >= 11 is 1.35. The highest BCUT2D eigenvalue weighted by atomic mass is 32.1. The van der Waals surface area contributed by atoms with Gasteiger partial charge in [0.1, 0.15) is 11.3 Å². The number of morpholine rings is 1. The van der Waals surface area contributed by atoms with Gasteiger partial charge in [0.25, 0.3) is 5.91 Å². The number of aryl methyl sites for hydroxylation is 2. The van der Waals surface area contributed by atoms with Gasteiger partial charge in [0.15, 0.2) is 5.13 Å². The normalized spacial score (nSPS) is 15.0. The molecule has 0 N–H and O–H groups in total. The van der Waals surface area contributed by atoms with Crippen molar-refractivity contribution in [3.05, 3.63) is 58.9 Å². The summed E-state index contributed by atoms with van der Waals surface area (Å²) in [5, 5.41) is 0.531. The maximum atomic E-state index is 14.2. The Hall–Kier alpha value is -2.35. The number of carbonyl (C=O) groups excluding carboxylic acids is 1. The second-order valence-electron chi connectivity index (χ2n) is 7.31. The van der Waals surface area contributed by atoms with Crippen molar-refractivity contribution in [3.63, 3.8) is 0 Å². The molecule has 2 heterocycles. The van der Waals surface area contributed by atoms with Gasteiger partial charge in [-0.3, -0.25) is 14.6 Å². The maximum absolute atomic E-state index is 14.2. The molecule has 0 atom stereocenters. The van der Waals surface area contributed by atoms with Crippen LogP contribution in [0.5, 0.6) is 0 Å². The summed E-state index contributed by atoms with van der Waals surface area (Å²) in [5.41, 5.74) is 3.01. The lowest BCUT2D eigenvalue weighted by Gasteiger charge is -2.29. The molecule has 4 rings (SSSR count). The van der Waals surface area contributed by atoms with Gasteiger partial charge >= 0.3 is 0 Å². The Morgan fingerprint density at radius 3 is 2.76 bits per heavy atom. The van der Waals surface area contributed by atoms with Crippen molar-refractivity contribution in [1.29, 1.82) is 0 Å². The van der Waals surface area contributed by atoms with Crippen molar-refractivity contribution in [2.75, 3.05) is 44.3 Å². The molecule has 29 heavy (non-hydrogen) atoms. The number of rotatable bonds is 5. The van der Waals surface area contributed by atoms with Gasteiger partial charge in [-0.2, -0.15) is 0 Å². The minimum Gasteiger partial charge on any atom is -0.379 e. The van der Waals surface area contributed by atoms with E-state index in [4.69, 9.17) is 4.74 Å². The maximum Gasteiger partial charge on any atom is 0.260 e. The summed E-state index contributed by atoms with van der Waals surface area (Å²) in [6.07, 6.45) is 0. The van der Waals surface area contributed by atoms with E-state index in [1.165, 1.54) is 17.4 Å². The van der Waals surface area contributed by atoms with E-state index >= 15 is 0 Å². The molecule has 0 saturated carbocycles. The summed E-state index contributed by atoms with van der Waals surface area (Å²) in [6, 6.07) is 10.7. The van der Waals surface area contributed by atoms with Crippen LogP contribution in [-0.2, 0) is 4.74 Å². The van der Waals surface area contributed by atoms with Gasteiger partial charge in [0.2, 0.25) is 0 Å². The van der Waals surface area contributed by atoms with Crippen LogP contribution in [0.1, 0.15) is 21.5 Å². The Labute approximate surface area is 173 Å². The molecule has 3 aromatic rings. The van der Waals surface area contributed by atoms with Crippen molar-refractivity contribution >= 4 is 32.6 Å². The zero-order valence-electron chi connectivity index (χ0n) is 16.7. The van der Waals surface area contributed by atoms with E-state index in [0.29, 0.717) is 36.0 Å². The highest BCUT2D eigenvalue weighted by Gasteiger charge is 2.24. The van der Waals surface area contributed by atoms with Gasteiger partial charge in [-0.15, -0.1) is 0 Å². The molecular formula is C22H24FN3O2S. The first-order valence-electron chi connectivity index (χ1n) is 9.77. The molecule has 0 bridgehead atoms. The number of benzene rings is 2. The lowest BCUT2D eigenvalue weighted by molar-refractivity contribution is 0.0391. The van der Waals surface area contributed by atoms with Gasteiger partial charge in [-0.1, -0.05) is 35.1 Å². The molecule has 7 heteroatoms. The number of amides is 1. The lowest BCUT2D eigenvalue weighted by Crippen LogP contribution is -2.43. The summed E-state index contributed by atoms with van der Waals surface area (Å²) in [4.78, 5) is 21.9. The summed E-state index contributed by atoms with van der Waals surface area (Å²) < 4.78 is 20.3. The number of ether oxygens (including phenoxy) is 1. The highest BCUT2D eigenvalue weighted by molar-refractivity contribution is 7.22. The zero-order chi connectivity index (χ0) is 20.4. The number of thiazole rings is 1. The summed E-state index contributed by atoms with van der Waals surface area (Å²) in [6.45, 7) is 8.27. The molecule has 1 amide bonds. The van der Waals surface area contributed by atoms with Crippen molar-refractivity contribution in [1.82, 2.24) is 9.88 Å². The molecular weight excluding hydrogens is 389 g/mol. The number of aromatic nitrogens is 1. The fourth-order valence-electron chi connectivity index (χ4n) is 3.57. The van der Waals surface area contributed by atoms with Gasteiger partial charge < -0.3 is 4.74 Å². The minimum atomic E-state index is -0.364. The molecule has 0 unspecified atom stereocenters. The molecule has 1 aromatic heterocycles. The monoisotopic (exact) mass is 413 g/mol. The van der Waals surface area contributed by atoms with Crippen molar-refractivity contribution in [2.24, 2.45) is 0 Å². The first-order chi connectivity index (χ1) is 14.0. The van der Waals surface area contributed by atoms with Crippen LogP contribution in [0.4, 0.5) is 9.52 Å². The van der Waals surface area contributed by atoms with E-state index in [1.54, 1.807) is 11.0 Å². The Morgan fingerprint density at radius 2 is 2.03 bits per heavy atom. The van der Waals surface area contributed by atoms with Crippen molar-refractivity contribution < 1.29 is 13.9 Å². The number of carbonyl (C=O) groups is 1. The molecule has 0 spiro atoms. The second-order valence-corrected chi connectivity index (χ2v) is 8.32. The summed E-state index contributed by atoms with van der Waals surface area (Å²) in [7, 11) is 0. The predicted molar refractivity (Wildman–Crippen MR) is 114 cm³/mol. The average Bonchev–Trinajstić information content (AvgIpc) is 3.14. The third-order valence-electron chi connectivity index (χ3n) is 5.19. The van der Waals surface area contributed by atoms with E-state index < -0.39 is 0 Å². The second kappa shape index (κ2) is 8.57. The Balaban J connectivity index is 1.67. The first kappa shape index (κ1) is 19.9. The van der Waals surface area contributed by atoms with Crippen LogP contribution >= 0.6 is 11.3 Å². The fraction of sp³-hybridized carbons (Fsp3) is 0.364. The minimum absolute atomic E-state index is 0.102. The molecule has 1 aliphatic heterocycles. The Bertz CT molecular complexity index is 1030. The van der Waals surface area contributed by atoms with Crippen LogP contribution in [0.25, 0.3) is 10.2 Å². The number of hydrogen-bond acceptors (Lipinski definition) is 5. The third-order valence-corrected chi connectivity index (χ3v) is 6.23. The number of fused-ring (bicyclic) bond motifs is 1. The first-order valence-corrected chi connectivity index (χ1v) is 10.6. The number of hydrogen-bond donors (Lipinski definition) is 0. The van der Waals surface area contributed by atoms with Crippen LogP contribution in [0.3, 0.4) is 0 Å². The lowest BCUT2D eigenvalue weighted by atomic mass is 10.0. The van der Waals surface area contributed by atoms with Crippen molar-refractivity contribution in [3.8, 4) is 0 Å². The van der Waals surface area contributed by atoms with E-state index in [-0.39, 0.29) is 11.7 Å². The van der Waals surface area contributed by atoms with E-state index in [9.17, 15) is 9.18 Å². The Morgan fingerprint density at radius 1 is 1.24 bits per heavy atom. The number of anilines is 1. The van der Waals surface area contributed by atoms with Gasteiger partial charge in [-0.25, -0.2) is 9.37 Å². The van der Waals surface area contributed by atoms with E-state index in [2.05, 4.69) is 9.88 Å². The number of nitrogens with zero attached hydrogens (tertiary/aromatic N) is 3. The predicted octanol–water partition coefficient (Wildman–Crippen LogP) is 4.03. The standard InChI is InChI=1S/C22H24FN3O2S/c1-15-6-7-17(16(2)14-15)21(27)26(9-8-25-10-12-28-13-11-25)22-24-20-18(23)4-3-5-19(20)29-22/h3-7,14H,8-13H2,1-2H3. The molecule has 2 aromatic carbocycles. The Kier molecular flexibility index (Phi) is 5.89.